The summed E-state index contributed by atoms with van der Waals surface area (Å²) >= 11 is 0. The number of nitrogens with zero attached hydrogens (tertiary/aromatic N) is 2. The number of methoxy groups -OCH3 is 1. The Kier molecular flexibility index (Phi) is 4.24. The fourth-order valence-electron chi connectivity index (χ4n) is 2.89. The summed E-state index contributed by atoms with van der Waals surface area (Å²) in [6, 6.07) is 12.1. The van der Waals surface area contributed by atoms with E-state index < -0.39 is 17.3 Å². The number of rotatable bonds is 4. The summed E-state index contributed by atoms with van der Waals surface area (Å²) in [5, 5.41) is 3.88. The predicted molar refractivity (Wildman–Crippen MR) is 89.7 cm³/mol. The predicted octanol–water partition coefficient (Wildman–Crippen LogP) is 4.29. The second-order valence-electron chi connectivity index (χ2n) is 6.27. The van der Waals surface area contributed by atoms with E-state index in [0.717, 1.165) is 17.7 Å². The van der Waals surface area contributed by atoms with Crippen molar-refractivity contribution in [2.75, 3.05) is 20.3 Å². The highest BCUT2D eigenvalue weighted by Crippen LogP contribution is 2.35. The summed E-state index contributed by atoms with van der Waals surface area (Å²) in [6.45, 7) is 0.932. The lowest BCUT2D eigenvalue weighted by Gasteiger charge is -2.40. The molecule has 8 heteroatoms. The molecule has 4 rings (SSSR count). The minimum atomic E-state index is -4.38. The zero-order valence-electron chi connectivity index (χ0n) is 14.3. The van der Waals surface area contributed by atoms with E-state index in [1.807, 2.05) is 24.3 Å². The molecular formula is C19H15F3N2O3. The van der Waals surface area contributed by atoms with Gasteiger partial charge in [-0.2, -0.15) is 18.2 Å². The molecule has 1 aliphatic heterocycles. The van der Waals surface area contributed by atoms with Gasteiger partial charge in [0.25, 0.3) is 5.89 Å². The molecule has 3 aromatic rings. The molecule has 1 aliphatic rings. The first kappa shape index (κ1) is 17.7. The number of ether oxygens (including phenoxy) is 2. The standard InChI is InChI=1S/C19H15F3N2O3/c1-25-18(10-26-11-18)15-4-2-3-13(9-15)17-23-16(24-27-17)12-5-7-14(8-6-12)19(20,21)22/h2-9H,10-11H2,1H3. The Bertz CT molecular complexity index is 942. The second kappa shape index (κ2) is 6.47. The fourth-order valence-corrected chi connectivity index (χ4v) is 2.89. The van der Waals surface area contributed by atoms with E-state index in [0.29, 0.717) is 24.3 Å². The maximum Gasteiger partial charge on any atom is 0.416 e. The van der Waals surface area contributed by atoms with Crippen LogP contribution < -0.4 is 0 Å². The van der Waals surface area contributed by atoms with E-state index in [4.69, 9.17) is 14.0 Å². The van der Waals surface area contributed by atoms with Gasteiger partial charge in [-0.3, -0.25) is 0 Å². The van der Waals surface area contributed by atoms with Gasteiger partial charge >= 0.3 is 6.18 Å². The first-order chi connectivity index (χ1) is 12.9. The van der Waals surface area contributed by atoms with Gasteiger partial charge in [0.05, 0.1) is 18.8 Å². The normalized spacial score (nSPS) is 16.1. The zero-order valence-corrected chi connectivity index (χ0v) is 14.3. The molecule has 0 radical (unpaired) electrons. The summed E-state index contributed by atoms with van der Waals surface area (Å²) in [7, 11) is 1.63. The number of alkyl halides is 3. The molecule has 2 heterocycles. The van der Waals surface area contributed by atoms with Crippen molar-refractivity contribution < 1.29 is 27.2 Å². The van der Waals surface area contributed by atoms with Crippen LogP contribution >= 0.6 is 0 Å². The van der Waals surface area contributed by atoms with Crippen LogP contribution in [0.5, 0.6) is 0 Å². The lowest BCUT2D eigenvalue weighted by molar-refractivity contribution is -0.202. The summed E-state index contributed by atoms with van der Waals surface area (Å²) in [5.74, 6) is 0.496. The Labute approximate surface area is 152 Å². The van der Waals surface area contributed by atoms with Crippen molar-refractivity contribution in [1.29, 1.82) is 0 Å². The SMILES string of the molecule is COC1(c2cccc(-c3nc(-c4ccc(C(F)(F)F)cc4)no3)c2)COC1. The molecule has 1 aromatic heterocycles. The summed E-state index contributed by atoms with van der Waals surface area (Å²) in [5.41, 5.74) is 0.862. The summed E-state index contributed by atoms with van der Waals surface area (Å²) in [4.78, 5) is 4.30. The Balaban J connectivity index is 1.61. The third-order valence-corrected chi connectivity index (χ3v) is 4.59. The van der Waals surface area contributed by atoms with Crippen molar-refractivity contribution >= 4 is 0 Å². The molecule has 0 unspecified atom stereocenters. The van der Waals surface area contributed by atoms with Crippen LogP contribution in [0.25, 0.3) is 22.8 Å². The first-order valence-corrected chi connectivity index (χ1v) is 8.16. The highest BCUT2D eigenvalue weighted by Gasteiger charge is 2.40. The zero-order chi connectivity index (χ0) is 19.1. The third kappa shape index (κ3) is 3.22. The fraction of sp³-hybridized carbons (Fsp3) is 0.263. The number of hydrogen-bond donors (Lipinski definition) is 0. The van der Waals surface area contributed by atoms with Gasteiger partial charge in [0, 0.05) is 18.2 Å². The van der Waals surface area contributed by atoms with E-state index in [9.17, 15) is 13.2 Å². The summed E-state index contributed by atoms with van der Waals surface area (Å²) < 4.78 is 54.2. The number of aromatic nitrogens is 2. The lowest BCUT2D eigenvalue weighted by Crippen LogP contribution is -2.48. The highest BCUT2D eigenvalue weighted by atomic mass is 19.4. The van der Waals surface area contributed by atoms with Gasteiger partial charge in [-0.05, 0) is 29.8 Å². The molecule has 1 saturated heterocycles. The molecule has 1 fully saturated rings. The van der Waals surface area contributed by atoms with E-state index in [1.54, 1.807) is 7.11 Å². The van der Waals surface area contributed by atoms with Crippen molar-refractivity contribution in [3.8, 4) is 22.8 Å². The monoisotopic (exact) mass is 376 g/mol. The number of halogens is 3. The molecule has 0 aliphatic carbocycles. The second-order valence-corrected chi connectivity index (χ2v) is 6.27. The van der Waals surface area contributed by atoms with Crippen molar-refractivity contribution in [2.45, 2.75) is 11.8 Å². The third-order valence-electron chi connectivity index (χ3n) is 4.59. The van der Waals surface area contributed by atoms with Crippen molar-refractivity contribution in [1.82, 2.24) is 10.1 Å². The quantitative estimate of drug-likeness (QED) is 0.680. The van der Waals surface area contributed by atoms with Crippen LogP contribution in [0.2, 0.25) is 0 Å². The van der Waals surface area contributed by atoms with E-state index in [1.165, 1.54) is 12.1 Å². The maximum absolute atomic E-state index is 12.7. The maximum atomic E-state index is 12.7. The topological polar surface area (TPSA) is 57.4 Å². The summed E-state index contributed by atoms with van der Waals surface area (Å²) in [6.07, 6.45) is -4.38. The minimum Gasteiger partial charge on any atom is -0.375 e. The number of hydrogen-bond acceptors (Lipinski definition) is 5. The van der Waals surface area contributed by atoms with Gasteiger partial charge in [0.2, 0.25) is 5.82 Å². The molecule has 5 nitrogen and oxygen atoms in total. The first-order valence-electron chi connectivity index (χ1n) is 8.16. The Morgan fingerprint density at radius 1 is 1.04 bits per heavy atom. The van der Waals surface area contributed by atoms with Crippen LogP contribution in [-0.4, -0.2) is 30.5 Å². The molecule has 140 valence electrons. The highest BCUT2D eigenvalue weighted by molar-refractivity contribution is 5.61. The Morgan fingerprint density at radius 3 is 2.37 bits per heavy atom. The lowest BCUT2D eigenvalue weighted by atomic mass is 9.90. The smallest absolute Gasteiger partial charge is 0.375 e. The van der Waals surface area contributed by atoms with E-state index in [-0.39, 0.29) is 11.7 Å². The molecule has 0 N–H and O–H groups in total. The van der Waals surface area contributed by atoms with Gasteiger partial charge in [0.15, 0.2) is 0 Å². The molecule has 0 spiro atoms. The van der Waals surface area contributed by atoms with Crippen molar-refractivity contribution in [2.24, 2.45) is 0 Å². The molecule has 0 amide bonds. The Morgan fingerprint density at radius 2 is 1.78 bits per heavy atom. The van der Waals surface area contributed by atoms with Gasteiger partial charge in [-0.1, -0.05) is 29.4 Å². The molecule has 0 saturated carbocycles. The van der Waals surface area contributed by atoms with E-state index in [2.05, 4.69) is 10.1 Å². The van der Waals surface area contributed by atoms with Crippen molar-refractivity contribution in [3.05, 3.63) is 59.7 Å². The van der Waals surface area contributed by atoms with E-state index >= 15 is 0 Å². The molecule has 27 heavy (non-hydrogen) atoms. The van der Waals surface area contributed by atoms with Crippen LogP contribution in [0, 0.1) is 0 Å². The average molecular weight is 376 g/mol. The average Bonchev–Trinajstić information content (AvgIpc) is 3.11. The van der Waals surface area contributed by atoms with Crippen LogP contribution in [-0.2, 0) is 21.3 Å². The van der Waals surface area contributed by atoms with Gasteiger partial charge < -0.3 is 14.0 Å². The minimum absolute atomic E-state index is 0.220. The van der Waals surface area contributed by atoms with Crippen LogP contribution in [0.4, 0.5) is 13.2 Å². The van der Waals surface area contributed by atoms with Crippen LogP contribution in [0.3, 0.4) is 0 Å². The molecule has 2 aromatic carbocycles. The Hall–Kier alpha value is -2.71. The van der Waals surface area contributed by atoms with Crippen molar-refractivity contribution in [3.63, 3.8) is 0 Å². The number of benzene rings is 2. The molecule has 0 bridgehead atoms. The van der Waals surface area contributed by atoms with Gasteiger partial charge in [-0.15, -0.1) is 0 Å². The molecule has 0 atom stereocenters. The largest absolute Gasteiger partial charge is 0.416 e. The van der Waals surface area contributed by atoms with Gasteiger partial charge in [0.1, 0.15) is 5.60 Å². The molecular weight excluding hydrogens is 361 g/mol. The van der Waals surface area contributed by atoms with Crippen LogP contribution in [0.1, 0.15) is 11.1 Å². The van der Waals surface area contributed by atoms with Gasteiger partial charge in [-0.25, -0.2) is 0 Å². The van der Waals surface area contributed by atoms with Crippen LogP contribution in [0.15, 0.2) is 53.1 Å².